The number of hydrogen-bond acceptors (Lipinski definition) is 4. The van der Waals surface area contributed by atoms with Gasteiger partial charge in [-0.25, -0.2) is 0 Å². The maximum absolute atomic E-state index is 13.0. The van der Waals surface area contributed by atoms with Crippen molar-refractivity contribution in [1.82, 2.24) is 0 Å². The van der Waals surface area contributed by atoms with Gasteiger partial charge in [-0.3, -0.25) is 9.59 Å². The fraction of sp³-hybridized carbons (Fsp3) is 0.545. The van der Waals surface area contributed by atoms with Crippen LogP contribution in [0.25, 0.3) is 0 Å². The Kier molecular flexibility index (Phi) is 5.36. The van der Waals surface area contributed by atoms with Gasteiger partial charge in [-0.05, 0) is 59.6 Å². The van der Waals surface area contributed by atoms with E-state index in [-0.39, 0.29) is 28.8 Å². The summed E-state index contributed by atoms with van der Waals surface area (Å²) in [6.07, 6.45) is 7.47. The molecule has 0 aromatic carbocycles. The molecule has 1 atom stereocenters. The molecule has 2 aliphatic rings. The van der Waals surface area contributed by atoms with Gasteiger partial charge in [0.25, 0.3) is 0 Å². The predicted octanol–water partition coefficient (Wildman–Crippen LogP) is 4.98. The number of carbonyl (C=O) groups is 2. The van der Waals surface area contributed by atoms with E-state index in [9.17, 15) is 14.7 Å². The molecule has 1 aliphatic heterocycles. The number of allylic oxidation sites excluding steroid dienone is 5. The summed E-state index contributed by atoms with van der Waals surface area (Å²) in [5, 5.41) is 10.6. The maximum atomic E-state index is 13.0. The van der Waals surface area contributed by atoms with Crippen LogP contribution in [0, 0.1) is 11.3 Å². The van der Waals surface area contributed by atoms with Crippen molar-refractivity contribution in [3.63, 3.8) is 0 Å². The van der Waals surface area contributed by atoms with E-state index in [1.165, 1.54) is 5.57 Å². The van der Waals surface area contributed by atoms with Gasteiger partial charge in [0.1, 0.15) is 22.7 Å². The summed E-state index contributed by atoms with van der Waals surface area (Å²) >= 11 is 0. The first-order chi connectivity index (χ1) is 11.9. The summed E-state index contributed by atoms with van der Waals surface area (Å²) in [5.74, 6) is -0.892. The highest BCUT2D eigenvalue weighted by Gasteiger charge is 2.48. The van der Waals surface area contributed by atoms with Gasteiger partial charge in [0.2, 0.25) is 0 Å². The molecule has 0 aromatic heterocycles. The first kappa shape index (κ1) is 20.2. The molecule has 142 valence electrons. The van der Waals surface area contributed by atoms with E-state index in [0.717, 1.165) is 12.8 Å². The van der Waals surface area contributed by atoms with Gasteiger partial charge < -0.3 is 9.84 Å². The molecule has 4 nitrogen and oxygen atoms in total. The molecule has 0 radical (unpaired) electrons. The third-order valence-corrected chi connectivity index (χ3v) is 5.00. The van der Waals surface area contributed by atoms with Gasteiger partial charge in [-0.2, -0.15) is 0 Å². The van der Waals surface area contributed by atoms with E-state index >= 15 is 0 Å². The van der Waals surface area contributed by atoms with Crippen LogP contribution in [0.2, 0.25) is 0 Å². The normalized spacial score (nSPS) is 24.5. The minimum Gasteiger partial charge on any atom is -0.506 e. The first-order valence-corrected chi connectivity index (χ1v) is 9.19. The zero-order chi connectivity index (χ0) is 19.9. The van der Waals surface area contributed by atoms with Crippen molar-refractivity contribution < 1.29 is 19.4 Å². The largest absolute Gasteiger partial charge is 0.506 e. The van der Waals surface area contributed by atoms with E-state index in [1.54, 1.807) is 33.8 Å². The molecule has 1 heterocycles. The minimum atomic E-state index is -0.996. The van der Waals surface area contributed by atoms with E-state index in [4.69, 9.17) is 4.74 Å². The lowest BCUT2D eigenvalue weighted by atomic mass is 9.72. The SMILES string of the molecule is CC(C)=CCCC1(C)C=CC2=C(O1)C(C)(C)C(=O)C(C(=O)C(C)C)=C2O. The van der Waals surface area contributed by atoms with E-state index < -0.39 is 11.0 Å². The van der Waals surface area contributed by atoms with Gasteiger partial charge in [-0.1, -0.05) is 25.5 Å². The van der Waals surface area contributed by atoms with Crippen LogP contribution < -0.4 is 0 Å². The molecule has 0 spiro atoms. The average molecular weight is 358 g/mol. The quantitative estimate of drug-likeness (QED) is 0.556. The lowest BCUT2D eigenvalue weighted by Gasteiger charge is -2.41. The standard InChI is InChI=1S/C22H30O4/c1-13(2)9-8-11-22(7)12-10-15-18(24)16(17(23)14(3)4)19(25)21(5,6)20(15)26-22/h9-10,12,14,24H,8,11H2,1-7H3. The summed E-state index contributed by atoms with van der Waals surface area (Å²) in [5.41, 5.74) is 0.0360. The van der Waals surface area contributed by atoms with Crippen LogP contribution in [-0.4, -0.2) is 22.3 Å². The monoisotopic (exact) mass is 358 g/mol. The average Bonchev–Trinajstić information content (AvgIpc) is 2.52. The number of aliphatic hydroxyl groups is 1. The fourth-order valence-electron chi connectivity index (χ4n) is 3.27. The summed E-state index contributed by atoms with van der Waals surface area (Å²) in [7, 11) is 0. The van der Waals surface area contributed by atoms with Gasteiger partial charge in [0.05, 0.1) is 11.0 Å². The van der Waals surface area contributed by atoms with Crippen LogP contribution in [0.5, 0.6) is 0 Å². The Morgan fingerprint density at radius 2 is 1.88 bits per heavy atom. The fourth-order valence-corrected chi connectivity index (χ4v) is 3.27. The molecule has 0 fully saturated rings. The Morgan fingerprint density at radius 3 is 2.42 bits per heavy atom. The van der Waals surface area contributed by atoms with Crippen molar-refractivity contribution in [1.29, 1.82) is 0 Å². The third kappa shape index (κ3) is 3.55. The van der Waals surface area contributed by atoms with Crippen molar-refractivity contribution in [3.05, 3.63) is 46.5 Å². The van der Waals surface area contributed by atoms with Crippen molar-refractivity contribution in [2.75, 3.05) is 0 Å². The van der Waals surface area contributed by atoms with Gasteiger partial charge in [0, 0.05) is 5.92 Å². The molecule has 0 amide bonds. The van der Waals surface area contributed by atoms with Crippen LogP contribution in [0.4, 0.5) is 0 Å². The molecule has 0 saturated heterocycles. The molecule has 26 heavy (non-hydrogen) atoms. The number of hydrogen-bond donors (Lipinski definition) is 1. The first-order valence-electron chi connectivity index (χ1n) is 9.19. The van der Waals surface area contributed by atoms with Crippen LogP contribution >= 0.6 is 0 Å². The Labute approximate surface area is 156 Å². The summed E-state index contributed by atoms with van der Waals surface area (Å²) in [6.45, 7) is 13.0. The van der Waals surface area contributed by atoms with Crippen molar-refractivity contribution in [2.45, 2.75) is 66.9 Å². The van der Waals surface area contributed by atoms with Gasteiger partial charge in [0.15, 0.2) is 11.6 Å². The second kappa shape index (κ2) is 6.90. The van der Waals surface area contributed by atoms with Crippen molar-refractivity contribution in [3.8, 4) is 0 Å². The molecule has 0 saturated carbocycles. The number of ether oxygens (including phenoxy) is 1. The van der Waals surface area contributed by atoms with Crippen LogP contribution in [0.1, 0.15) is 61.3 Å². The molecule has 1 unspecified atom stereocenters. The Morgan fingerprint density at radius 1 is 1.27 bits per heavy atom. The number of carbonyl (C=O) groups excluding carboxylic acids is 2. The molecule has 1 N–H and O–H groups in total. The molecule has 0 bridgehead atoms. The van der Waals surface area contributed by atoms with Crippen LogP contribution in [0.3, 0.4) is 0 Å². The smallest absolute Gasteiger partial charge is 0.183 e. The molecule has 1 aliphatic carbocycles. The van der Waals surface area contributed by atoms with Crippen molar-refractivity contribution in [2.24, 2.45) is 11.3 Å². The number of Topliss-reactive ketones (excluding diaryl/α,β-unsaturated/α-hetero) is 2. The Balaban J connectivity index is 2.45. The Bertz CT molecular complexity index is 755. The van der Waals surface area contributed by atoms with Gasteiger partial charge >= 0.3 is 0 Å². The van der Waals surface area contributed by atoms with E-state index in [2.05, 4.69) is 19.9 Å². The summed E-state index contributed by atoms with van der Waals surface area (Å²) in [6, 6.07) is 0. The highest BCUT2D eigenvalue weighted by Crippen LogP contribution is 2.46. The number of rotatable bonds is 5. The molecule has 2 rings (SSSR count). The Hall–Kier alpha value is -2.10. The lowest BCUT2D eigenvalue weighted by Crippen LogP contribution is -2.42. The number of ketones is 2. The second-order valence-electron chi connectivity index (χ2n) is 8.51. The van der Waals surface area contributed by atoms with E-state index in [0.29, 0.717) is 11.3 Å². The van der Waals surface area contributed by atoms with Crippen molar-refractivity contribution >= 4 is 11.6 Å². The molecular formula is C22H30O4. The second-order valence-corrected chi connectivity index (χ2v) is 8.51. The summed E-state index contributed by atoms with van der Waals surface area (Å²) in [4.78, 5) is 25.5. The zero-order valence-electron chi connectivity index (χ0n) is 16.9. The highest BCUT2D eigenvalue weighted by molar-refractivity contribution is 6.24. The highest BCUT2D eigenvalue weighted by atomic mass is 16.5. The zero-order valence-corrected chi connectivity index (χ0v) is 16.9. The summed E-state index contributed by atoms with van der Waals surface area (Å²) < 4.78 is 6.24. The molecule has 4 heteroatoms. The van der Waals surface area contributed by atoms with Gasteiger partial charge in [-0.15, -0.1) is 0 Å². The van der Waals surface area contributed by atoms with Crippen LogP contribution in [0.15, 0.2) is 46.5 Å². The third-order valence-electron chi connectivity index (χ3n) is 5.00. The molecular weight excluding hydrogens is 328 g/mol. The maximum Gasteiger partial charge on any atom is 0.183 e. The molecule has 0 aromatic rings. The lowest BCUT2D eigenvalue weighted by molar-refractivity contribution is -0.129. The minimum absolute atomic E-state index is 0.106. The number of aliphatic hydroxyl groups excluding tert-OH is 1. The predicted molar refractivity (Wildman–Crippen MR) is 103 cm³/mol. The van der Waals surface area contributed by atoms with E-state index in [1.807, 2.05) is 13.0 Å². The van der Waals surface area contributed by atoms with Crippen LogP contribution in [-0.2, 0) is 14.3 Å². The topological polar surface area (TPSA) is 63.6 Å².